The molecule has 1 heterocycles. The summed E-state index contributed by atoms with van der Waals surface area (Å²) < 4.78 is 0. The fourth-order valence-corrected chi connectivity index (χ4v) is 3.21. The van der Waals surface area contributed by atoms with Crippen molar-refractivity contribution in [3.8, 4) is 0 Å². The minimum absolute atomic E-state index is 0.213. The van der Waals surface area contributed by atoms with E-state index < -0.39 is 0 Å². The van der Waals surface area contributed by atoms with Crippen LogP contribution in [0.5, 0.6) is 0 Å². The van der Waals surface area contributed by atoms with Crippen LogP contribution in [0.1, 0.15) is 56.6 Å². The van der Waals surface area contributed by atoms with Crippen LogP contribution in [0.2, 0.25) is 0 Å². The molecule has 0 bridgehead atoms. The number of hydrogen-bond donors (Lipinski definition) is 0. The predicted molar refractivity (Wildman–Crippen MR) is 62.2 cm³/mol. The molecule has 78 valence electrons. The van der Waals surface area contributed by atoms with E-state index >= 15 is 0 Å². The van der Waals surface area contributed by atoms with Crippen LogP contribution >= 0.6 is 11.3 Å². The van der Waals surface area contributed by atoms with Crippen LogP contribution in [-0.2, 0) is 17.3 Å². The molecule has 1 aromatic heterocycles. The molecule has 0 N–H and O–H groups in total. The maximum absolute atomic E-state index is 4.83. The normalized spacial score (nSPS) is 19.8. The number of rotatable bonds is 0. The van der Waals surface area contributed by atoms with Crippen molar-refractivity contribution in [3.63, 3.8) is 0 Å². The third-order valence-electron chi connectivity index (χ3n) is 2.96. The molecule has 0 aromatic carbocycles. The van der Waals surface area contributed by atoms with E-state index in [2.05, 4.69) is 34.6 Å². The Balaban J connectivity index is 2.45. The molecule has 1 aliphatic carbocycles. The molecular weight excluding hydrogens is 190 g/mol. The minimum Gasteiger partial charge on any atom is -0.245 e. The summed E-state index contributed by atoms with van der Waals surface area (Å²) in [5.41, 5.74) is 1.90. The second-order valence-corrected chi connectivity index (χ2v) is 7.01. The molecule has 0 fully saturated rings. The van der Waals surface area contributed by atoms with Gasteiger partial charge < -0.3 is 0 Å². The lowest BCUT2D eigenvalue weighted by atomic mass is 9.90. The maximum atomic E-state index is 4.83. The average Bonchev–Trinajstić information content (AvgIpc) is 2.51. The van der Waals surface area contributed by atoms with Gasteiger partial charge in [0.25, 0.3) is 0 Å². The number of hydrogen-bond acceptors (Lipinski definition) is 2. The van der Waals surface area contributed by atoms with Crippen molar-refractivity contribution < 1.29 is 0 Å². The van der Waals surface area contributed by atoms with Crippen molar-refractivity contribution in [1.82, 2.24) is 4.98 Å². The number of nitrogens with zero attached hydrogens (tertiary/aromatic N) is 1. The van der Waals surface area contributed by atoms with Gasteiger partial charge in [0.05, 0.1) is 10.7 Å². The van der Waals surface area contributed by atoms with Crippen molar-refractivity contribution in [1.29, 1.82) is 0 Å². The monoisotopic (exact) mass is 209 g/mol. The van der Waals surface area contributed by atoms with Gasteiger partial charge in [-0.3, -0.25) is 0 Å². The van der Waals surface area contributed by atoms with Crippen LogP contribution < -0.4 is 0 Å². The fraction of sp³-hybridized carbons (Fsp3) is 0.750. The molecule has 2 heteroatoms. The molecule has 0 aliphatic heterocycles. The van der Waals surface area contributed by atoms with Gasteiger partial charge in [-0.05, 0) is 12.8 Å². The highest BCUT2D eigenvalue weighted by atomic mass is 32.1. The van der Waals surface area contributed by atoms with Crippen LogP contribution in [0.15, 0.2) is 0 Å². The van der Waals surface area contributed by atoms with Gasteiger partial charge in [0.1, 0.15) is 0 Å². The summed E-state index contributed by atoms with van der Waals surface area (Å²) >= 11 is 1.92. The summed E-state index contributed by atoms with van der Waals surface area (Å²) in [6.45, 7) is 11.4. The van der Waals surface area contributed by atoms with Crippen LogP contribution in [-0.4, -0.2) is 4.98 Å². The van der Waals surface area contributed by atoms with E-state index in [1.165, 1.54) is 28.4 Å². The summed E-state index contributed by atoms with van der Waals surface area (Å²) in [5, 5.41) is 1.30. The molecule has 0 saturated heterocycles. The van der Waals surface area contributed by atoms with Gasteiger partial charge in [-0.2, -0.15) is 0 Å². The molecule has 1 aliphatic rings. The molecule has 0 atom stereocenters. The first-order valence-corrected chi connectivity index (χ1v) is 6.13. The summed E-state index contributed by atoms with van der Waals surface area (Å²) in [6.07, 6.45) is 2.50. The quantitative estimate of drug-likeness (QED) is 0.635. The third kappa shape index (κ3) is 1.50. The largest absolute Gasteiger partial charge is 0.245 e. The first-order chi connectivity index (χ1) is 6.31. The van der Waals surface area contributed by atoms with Crippen molar-refractivity contribution in [2.75, 3.05) is 0 Å². The Labute approximate surface area is 90.6 Å². The topological polar surface area (TPSA) is 12.9 Å². The van der Waals surface area contributed by atoms with E-state index in [0.717, 1.165) is 0 Å². The van der Waals surface area contributed by atoms with Crippen LogP contribution in [0.3, 0.4) is 0 Å². The lowest BCUT2D eigenvalue weighted by Crippen LogP contribution is -2.16. The van der Waals surface area contributed by atoms with E-state index in [4.69, 9.17) is 4.98 Å². The molecular formula is C12H19NS. The number of thiazole rings is 1. The molecule has 14 heavy (non-hydrogen) atoms. The Morgan fingerprint density at radius 2 is 1.93 bits per heavy atom. The Hall–Kier alpha value is -0.370. The van der Waals surface area contributed by atoms with Gasteiger partial charge in [0.15, 0.2) is 0 Å². The second kappa shape index (κ2) is 2.82. The maximum Gasteiger partial charge on any atom is 0.0984 e. The summed E-state index contributed by atoms with van der Waals surface area (Å²) in [6, 6.07) is 0. The van der Waals surface area contributed by atoms with E-state index in [-0.39, 0.29) is 5.41 Å². The van der Waals surface area contributed by atoms with Gasteiger partial charge in [-0.15, -0.1) is 11.3 Å². The van der Waals surface area contributed by atoms with E-state index in [9.17, 15) is 0 Å². The van der Waals surface area contributed by atoms with Crippen LogP contribution in [0.25, 0.3) is 0 Å². The molecule has 0 saturated carbocycles. The highest BCUT2D eigenvalue weighted by molar-refractivity contribution is 7.12. The Morgan fingerprint density at radius 3 is 2.43 bits per heavy atom. The SMILES string of the molecule is CC(C)(C)c1nc2c(s1)CCC2(C)C. The standard InChI is InChI=1S/C12H19NS/c1-11(2,3)10-13-9-8(14-10)6-7-12(9,4)5/h6-7H2,1-5H3. The molecule has 0 spiro atoms. The zero-order chi connectivity index (χ0) is 10.6. The number of aromatic nitrogens is 1. The van der Waals surface area contributed by atoms with Crippen molar-refractivity contribution >= 4 is 11.3 Å². The van der Waals surface area contributed by atoms with E-state index in [1.807, 2.05) is 11.3 Å². The zero-order valence-corrected chi connectivity index (χ0v) is 10.6. The van der Waals surface area contributed by atoms with Crippen LogP contribution in [0, 0.1) is 0 Å². The minimum atomic E-state index is 0.213. The molecule has 1 nitrogen and oxygen atoms in total. The van der Waals surface area contributed by atoms with Gasteiger partial charge in [0, 0.05) is 15.7 Å². The van der Waals surface area contributed by atoms with Crippen molar-refractivity contribution in [2.45, 2.75) is 58.3 Å². The number of aryl methyl sites for hydroxylation is 1. The molecule has 1 aromatic rings. The smallest absolute Gasteiger partial charge is 0.0984 e. The van der Waals surface area contributed by atoms with Crippen molar-refractivity contribution in [2.24, 2.45) is 0 Å². The average molecular weight is 209 g/mol. The first kappa shape index (κ1) is 10.2. The Morgan fingerprint density at radius 1 is 1.29 bits per heavy atom. The zero-order valence-electron chi connectivity index (χ0n) is 9.77. The van der Waals surface area contributed by atoms with E-state index in [0.29, 0.717) is 5.41 Å². The lowest BCUT2D eigenvalue weighted by Gasteiger charge is -2.18. The predicted octanol–water partition coefficient (Wildman–Crippen LogP) is 3.66. The highest BCUT2D eigenvalue weighted by Gasteiger charge is 2.35. The Kier molecular flexibility index (Phi) is 2.04. The van der Waals surface area contributed by atoms with Gasteiger partial charge >= 0.3 is 0 Å². The van der Waals surface area contributed by atoms with Crippen molar-refractivity contribution in [3.05, 3.63) is 15.6 Å². The molecule has 0 unspecified atom stereocenters. The molecule has 0 radical (unpaired) electrons. The lowest BCUT2D eigenvalue weighted by molar-refractivity contribution is 0.500. The summed E-state index contributed by atoms with van der Waals surface area (Å²) in [4.78, 5) is 6.36. The number of fused-ring (bicyclic) bond motifs is 1. The summed E-state index contributed by atoms with van der Waals surface area (Å²) in [7, 11) is 0. The second-order valence-electron chi connectivity index (χ2n) is 5.92. The van der Waals surface area contributed by atoms with Gasteiger partial charge in [-0.1, -0.05) is 34.6 Å². The Bertz CT molecular complexity index is 355. The first-order valence-electron chi connectivity index (χ1n) is 5.31. The molecule has 0 amide bonds. The molecule has 2 rings (SSSR count). The fourth-order valence-electron chi connectivity index (χ4n) is 1.92. The van der Waals surface area contributed by atoms with Crippen LogP contribution in [0.4, 0.5) is 0 Å². The third-order valence-corrected chi connectivity index (χ3v) is 4.50. The van der Waals surface area contributed by atoms with Gasteiger partial charge in [-0.25, -0.2) is 4.98 Å². The van der Waals surface area contributed by atoms with E-state index in [1.54, 1.807) is 0 Å². The highest BCUT2D eigenvalue weighted by Crippen LogP contribution is 2.42. The summed E-state index contributed by atoms with van der Waals surface area (Å²) in [5.74, 6) is 0. The van der Waals surface area contributed by atoms with Gasteiger partial charge in [0.2, 0.25) is 0 Å².